The maximum absolute atomic E-state index is 13.0. The molecule has 2 amide bonds. The lowest BCUT2D eigenvalue weighted by Crippen LogP contribution is -3.28. The van der Waals surface area contributed by atoms with Gasteiger partial charge in [-0.15, -0.1) is 0 Å². The third-order valence-electron chi connectivity index (χ3n) is 5.62. The highest BCUT2D eigenvalue weighted by atomic mass is 19.1. The number of quaternary nitrogens is 3. The Kier molecular flexibility index (Phi) is 6.34. The molecule has 2 heterocycles. The number of carbonyl (C=O) groups excluding carboxylic acids is 2. The van der Waals surface area contributed by atoms with Crippen LogP contribution in [-0.4, -0.2) is 63.7 Å². The molecule has 0 bridgehead atoms. The molecule has 2 aliphatic heterocycles. The van der Waals surface area contributed by atoms with E-state index in [9.17, 15) is 14.0 Å². The van der Waals surface area contributed by atoms with Gasteiger partial charge in [0.1, 0.15) is 32.0 Å². The van der Waals surface area contributed by atoms with E-state index in [4.69, 9.17) is 0 Å². The van der Waals surface area contributed by atoms with Crippen LogP contribution in [0.3, 0.4) is 0 Å². The van der Waals surface area contributed by atoms with Gasteiger partial charge in [0.25, 0.3) is 5.91 Å². The molecule has 1 aromatic rings. The van der Waals surface area contributed by atoms with Gasteiger partial charge in [-0.05, 0) is 31.2 Å². The molecule has 0 unspecified atom stereocenters. The highest BCUT2D eigenvalue weighted by Gasteiger charge is 2.42. The van der Waals surface area contributed by atoms with E-state index in [1.54, 1.807) is 9.80 Å². The normalized spacial score (nSPS) is 26.5. The summed E-state index contributed by atoms with van der Waals surface area (Å²) in [6.07, 6.45) is 1.27. The van der Waals surface area contributed by atoms with Crippen LogP contribution in [0.5, 0.6) is 0 Å². The summed E-state index contributed by atoms with van der Waals surface area (Å²) in [6, 6.07) is 5.17. The van der Waals surface area contributed by atoms with E-state index in [0.29, 0.717) is 5.69 Å². The van der Waals surface area contributed by atoms with Gasteiger partial charge in [-0.25, -0.2) is 9.29 Å². The summed E-state index contributed by atoms with van der Waals surface area (Å²) in [4.78, 5) is 29.3. The quantitative estimate of drug-likeness (QED) is 0.362. The zero-order valence-corrected chi connectivity index (χ0v) is 15.5. The number of piperazine rings is 1. The van der Waals surface area contributed by atoms with E-state index < -0.39 is 0 Å². The van der Waals surface area contributed by atoms with Crippen molar-refractivity contribution in [2.24, 2.45) is 0 Å². The van der Waals surface area contributed by atoms with Crippen molar-refractivity contribution in [3.8, 4) is 0 Å². The number of nitrogens with two attached hydrogens (primary N) is 1. The lowest BCUT2D eigenvalue weighted by atomic mass is 10.2. The zero-order valence-electron chi connectivity index (χ0n) is 15.5. The van der Waals surface area contributed by atoms with Crippen LogP contribution in [0.2, 0.25) is 0 Å². The lowest BCUT2D eigenvalue weighted by Gasteiger charge is -2.28. The standard InChI is InChI=1S/C19H27FN4O2/c1-2-22-10-12-23(13-11-22)9-3-8-21-17-14-18(25)24(19(17)26)16-6-4-15(20)5-7-16/h4-7,17,21H,2-3,8-14H2,1H3/p+3/t17-/m0/s1. The molecule has 2 fully saturated rings. The summed E-state index contributed by atoms with van der Waals surface area (Å²) in [5.74, 6) is -0.763. The molecule has 0 aromatic heterocycles. The topological polar surface area (TPSA) is 62.9 Å². The first-order valence-electron chi connectivity index (χ1n) is 9.71. The van der Waals surface area contributed by atoms with Crippen molar-refractivity contribution >= 4 is 17.5 Å². The number of imide groups is 1. The van der Waals surface area contributed by atoms with E-state index in [2.05, 4.69) is 6.92 Å². The van der Waals surface area contributed by atoms with E-state index in [1.807, 2.05) is 5.32 Å². The molecule has 3 rings (SSSR count). The van der Waals surface area contributed by atoms with E-state index in [1.165, 1.54) is 61.9 Å². The summed E-state index contributed by atoms with van der Waals surface area (Å²) < 4.78 is 13.0. The zero-order chi connectivity index (χ0) is 18.5. The number of anilines is 1. The van der Waals surface area contributed by atoms with Crippen LogP contribution >= 0.6 is 0 Å². The number of hydrogen-bond donors (Lipinski definition) is 3. The van der Waals surface area contributed by atoms with Crippen molar-refractivity contribution in [3.05, 3.63) is 30.1 Å². The number of carbonyl (C=O) groups is 2. The Morgan fingerprint density at radius 1 is 1.12 bits per heavy atom. The minimum atomic E-state index is -0.375. The fourth-order valence-electron chi connectivity index (χ4n) is 3.93. The molecule has 0 spiro atoms. The van der Waals surface area contributed by atoms with Crippen LogP contribution in [0.4, 0.5) is 10.1 Å². The first kappa shape index (κ1) is 18.9. The molecule has 6 nitrogen and oxygen atoms in total. The van der Waals surface area contributed by atoms with Crippen molar-refractivity contribution in [3.63, 3.8) is 0 Å². The molecule has 2 aliphatic rings. The first-order valence-corrected chi connectivity index (χ1v) is 9.71. The summed E-state index contributed by atoms with van der Waals surface area (Å²) in [5, 5.41) is 2.00. The van der Waals surface area contributed by atoms with Gasteiger partial charge in [-0.2, -0.15) is 0 Å². The Labute approximate surface area is 153 Å². The smallest absolute Gasteiger partial charge is 0.292 e. The number of amides is 2. The predicted molar refractivity (Wildman–Crippen MR) is 95.5 cm³/mol. The number of benzene rings is 1. The summed E-state index contributed by atoms with van der Waals surface area (Å²) >= 11 is 0. The van der Waals surface area contributed by atoms with Crippen LogP contribution < -0.4 is 20.0 Å². The van der Waals surface area contributed by atoms with Gasteiger partial charge in [-0.1, -0.05) is 0 Å². The minimum absolute atomic E-state index is 0.186. The van der Waals surface area contributed by atoms with Gasteiger partial charge < -0.3 is 15.1 Å². The Balaban J connectivity index is 1.42. The highest BCUT2D eigenvalue weighted by Crippen LogP contribution is 2.21. The maximum atomic E-state index is 13.0. The molecule has 1 aromatic carbocycles. The third-order valence-corrected chi connectivity index (χ3v) is 5.62. The minimum Gasteiger partial charge on any atom is -0.335 e. The number of hydrogen-bond acceptors (Lipinski definition) is 2. The molecule has 7 heteroatoms. The van der Waals surface area contributed by atoms with Crippen molar-refractivity contribution in [1.82, 2.24) is 0 Å². The monoisotopic (exact) mass is 365 g/mol. The SMILES string of the molecule is CC[NH+]1CC[NH+](CCC[NH2+][C@H]2CC(=O)N(c3ccc(F)cc3)C2=O)CC1. The molecule has 0 radical (unpaired) electrons. The van der Waals surface area contributed by atoms with Gasteiger partial charge in [0.15, 0.2) is 6.04 Å². The van der Waals surface area contributed by atoms with Gasteiger partial charge in [0.2, 0.25) is 5.91 Å². The highest BCUT2D eigenvalue weighted by molar-refractivity contribution is 6.21. The van der Waals surface area contributed by atoms with Crippen LogP contribution in [0.25, 0.3) is 0 Å². The van der Waals surface area contributed by atoms with Crippen molar-refractivity contribution in [1.29, 1.82) is 0 Å². The number of rotatable bonds is 7. The lowest BCUT2D eigenvalue weighted by molar-refractivity contribution is -1.01. The fourth-order valence-corrected chi connectivity index (χ4v) is 3.93. The molecule has 26 heavy (non-hydrogen) atoms. The van der Waals surface area contributed by atoms with E-state index >= 15 is 0 Å². The molecular formula is C19H30FN4O2+3. The average molecular weight is 365 g/mol. The third kappa shape index (κ3) is 4.47. The number of nitrogens with one attached hydrogen (secondary N) is 2. The predicted octanol–water partition coefficient (Wildman–Crippen LogP) is -2.79. The van der Waals surface area contributed by atoms with Gasteiger partial charge in [0.05, 0.1) is 31.7 Å². The van der Waals surface area contributed by atoms with Crippen LogP contribution in [-0.2, 0) is 9.59 Å². The second kappa shape index (κ2) is 8.70. The second-order valence-electron chi connectivity index (χ2n) is 7.34. The average Bonchev–Trinajstić information content (AvgIpc) is 2.94. The molecule has 142 valence electrons. The molecule has 0 aliphatic carbocycles. The van der Waals surface area contributed by atoms with Gasteiger partial charge in [-0.3, -0.25) is 9.59 Å². The summed E-state index contributed by atoms with van der Waals surface area (Å²) in [7, 11) is 0. The van der Waals surface area contributed by atoms with Crippen molar-refractivity contribution < 1.29 is 29.1 Å². The summed E-state index contributed by atoms with van der Waals surface area (Å²) in [5.41, 5.74) is 0.457. The molecule has 0 saturated carbocycles. The summed E-state index contributed by atoms with van der Waals surface area (Å²) in [6.45, 7) is 10.4. The van der Waals surface area contributed by atoms with Crippen LogP contribution in [0, 0.1) is 5.82 Å². The van der Waals surface area contributed by atoms with Crippen molar-refractivity contribution in [2.45, 2.75) is 25.8 Å². The largest absolute Gasteiger partial charge is 0.335 e. The Morgan fingerprint density at radius 2 is 1.77 bits per heavy atom. The van der Waals surface area contributed by atoms with Crippen LogP contribution in [0.15, 0.2) is 24.3 Å². The number of halogens is 1. The molecule has 2 saturated heterocycles. The first-order chi connectivity index (χ1) is 12.6. The Morgan fingerprint density at radius 3 is 2.42 bits per heavy atom. The Bertz CT molecular complexity index is 629. The van der Waals surface area contributed by atoms with E-state index in [-0.39, 0.29) is 30.1 Å². The van der Waals surface area contributed by atoms with Gasteiger partial charge in [0, 0.05) is 6.42 Å². The maximum Gasteiger partial charge on any atom is 0.292 e. The van der Waals surface area contributed by atoms with E-state index in [0.717, 1.165) is 19.5 Å². The number of nitrogens with zero attached hydrogens (tertiary/aromatic N) is 1. The Hall–Kier alpha value is -1.83. The fraction of sp³-hybridized carbons (Fsp3) is 0.579. The van der Waals surface area contributed by atoms with Gasteiger partial charge >= 0.3 is 0 Å². The molecular weight excluding hydrogens is 335 g/mol. The van der Waals surface area contributed by atoms with Crippen molar-refractivity contribution in [2.75, 3.05) is 50.7 Å². The second-order valence-corrected chi connectivity index (χ2v) is 7.34. The molecule has 1 atom stereocenters. The van der Waals surface area contributed by atoms with Crippen LogP contribution in [0.1, 0.15) is 19.8 Å². The molecule has 4 N–H and O–H groups in total. The number of likely N-dealkylation sites (N-methyl/N-ethyl adjacent to an activating group) is 1.